The first-order chi connectivity index (χ1) is 6.81. The molecule has 1 heterocycles. The highest BCUT2D eigenvalue weighted by molar-refractivity contribution is 5.47. The Morgan fingerprint density at radius 3 is 2.93 bits per heavy atom. The van der Waals surface area contributed by atoms with Gasteiger partial charge >= 0.3 is 0 Å². The molecular weight excluding hydrogens is 180 g/mol. The lowest BCUT2D eigenvalue weighted by Crippen LogP contribution is -2.23. The molecule has 0 aliphatic rings. The molecule has 1 rings (SSSR count). The first-order valence-corrected chi connectivity index (χ1v) is 4.05. The highest BCUT2D eigenvalue weighted by Crippen LogP contribution is 2.08. The Hall–Kier alpha value is -1.86. The zero-order valence-corrected chi connectivity index (χ0v) is 7.47. The van der Waals surface area contributed by atoms with Crippen molar-refractivity contribution in [2.24, 2.45) is 0 Å². The first kappa shape index (κ1) is 10.2. The fourth-order valence-electron chi connectivity index (χ4n) is 1.01. The van der Waals surface area contributed by atoms with Gasteiger partial charge in [0.05, 0.1) is 18.3 Å². The fourth-order valence-corrected chi connectivity index (χ4v) is 1.01. The van der Waals surface area contributed by atoms with Crippen LogP contribution in [0.3, 0.4) is 0 Å². The standard InChI is InChI=1S/C10H10N2O2/c1-2-8-3-4-9(11-5-8)10(6-13)12-7-14/h1,3-5,7,10,13H,6H2,(H,12,14). The van der Waals surface area contributed by atoms with Gasteiger partial charge in [-0.3, -0.25) is 9.78 Å². The van der Waals surface area contributed by atoms with Gasteiger partial charge in [-0.1, -0.05) is 5.92 Å². The molecule has 0 spiro atoms. The second-order valence-electron chi connectivity index (χ2n) is 2.64. The van der Waals surface area contributed by atoms with Crippen molar-refractivity contribution in [3.63, 3.8) is 0 Å². The SMILES string of the molecule is C#Cc1ccc(C(CO)NC=O)nc1. The van der Waals surface area contributed by atoms with Crippen molar-refractivity contribution in [2.75, 3.05) is 6.61 Å². The zero-order valence-electron chi connectivity index (χ0n) is 7.47. The maximum absolute atomic E-state index is 10.2. The van der Waals surface area contributed by atoms with Crippen molar-refractivity contribution in [1.29, 1.82) is 0 Å². The number of aromatic nitrogens is 1. The van der Waals surface area contributed by atoms with E-state index in [2.05, 4.69) is 16.2 Å². The van der Waals surface area contributed by atoms with Crippen LogP contribution in [0.25, 0.3) is 0 Å². The van der Waals surface area contributed by atoms with E-state index in [1.807, 2.05) is 0 Å². The van der Waals surface area contributed by atoms with E-state index in [0.29, 0.717) is 17.7 Å². The summed E-state index contributed by atoms with van der Waals surface area (Å²) < 4.78 is 0. The Kier molecular flexibility index (Phi) is 3.65. The minimum absolute atomic E-state index is 0.193. The summed E-state index contributed by atoms with van der Waals surface area (Å²) in [6.07, 6.45) is 7.20. The van der Waals surface area contributed by atoms with E-state index in [1.165, 1.54) is 6.20 Å². The third-order valence-electron chi connectivity index (χ3n) is 1.76. The molecule has 0 fully saturated rings. The van der Waals surface area contributed by atoms with E-state index < -0.39 is 6.04 Å². The molecule has 72 valence electrons. The van der Waals surface area contributed by atoms with Crippen molar-refractivity contribution in [2.45, 2.75) is 6.04 Å². The third kappa shape index (κ3) is 2.31. The van der Waals surface area contributed by atoms with Gasteiger partial charge in [0.2, 0.25) is 6.41 Å². The van der Waals surface area contributed by atoms with E-state index >= 15 is 0 Å². The van der Waals surface area contributed by atoms with E-state index in [0.717, 1.165) is 0 Å². The molecule has 0 saturated heterocycles. The molecule has 2 N–H and O–H groups in total. The normalized spacial score (nSPS) is 11.4. The second kappa shape index (κ2) is 5.00. The van der Waals surface area contributed by atoms with Gasteiger partial charge in [0, 0.05) is 11.8 Å². The number of hydrogen-bond acceptors (Lipinski definition) is 3. The van der Waals surface area contributed by atoms with Crippen molar-refractivity contribution in [3.8, 4) is 12.3 Å². The number of nitrogens with one attached hydrogen (secondary N) is 1. The van der Waals surface area contributed by atoms with E-state index in [9.17, 15) is 4.79 Å². The number of carbonyl (C=O) groups is 1. The van der Waals surface area contributed by atoms with Crippen LogP contribution in [0.2, 0.25) is 0 Å². The molecule has 1 aromatic heterocycles. The van der Waals surface area contributed by atoms with Crippen LogP contribution in [0.5, 0.6) is 0 Å². The molecule has 0 radical (unpaired) electrons. The molecule has 1 amide bonds. The van der Waals surface area contributed by atoms with Crippen LogP contribution in [0.4, 0.5) is 0 Å². The number of amides is 1. The van der Waals surface area contributed by atoms with Crippen LogP contribution in [0.1, 0.15) is 17.3 Å². The molecule has 0 aliphatic heterocycles. The van der Waals surface area contributed by atoms with E-state index in [1.54, 1.807) is 12.1 Å². The van der Waals surface area contributed by atoms with E-state index in [-0.39, 0.29) is 6.61 Å². The van der Waals surface area contributed by atoms with Crippen molar-refractivity contribution in [3.05, 3.63) is 29.6 Å². The molecule has 4 nitrogen and oxygen atoms in total. The molecule has 0 bridgehead atoms. The lowest BCUT2D eigenvalue weighted by Gasteiger charge is -2.11. The van der Waals surface area contributed by atoms with Crippen molar-refractivity contribution in [1.82, 2.24) is 10.3 Å². The molecule has 1 aromatic rings. The van der Waals surface area contributed by atoms with Crippen LogP contribution in [0, 0.1) is 12.3 Å². The lowest BCUT2D eigenvalue weighted by molar-refractivity contribution is -0.110. The number of rotatable bonds is 4. The number of pyridine rings is 1. The topological polar surface area (TPSA) is 62.2 Å². The number of nitrogens with zero attached hydrogens (tertiary/aromatic N) is 1. The van der Waals surface area contributed by atoms with Gasteiger partial charge in [-0.25, -0.2) is 0 Å². The summed E-state index contributed by atoms with van der Waals surface area (Å²) in [7, 11) is 0. The molecule has 1 atom stereocenters. The Morgan fingerprint density at radius 2 is 2.50 bits per heavy atom. The van der Waals surface area contributed by atoms with Gasteiger partial charge in [-0.2, -0.15) is 0 Å². The Balaban J connectivity index is 2.84. The van der Waals surface area contributed by atoms with Crippen LogP contribution < -0.4 is 5.32 Å². The third-order valence-corrected chi connectivity index (χ3v) is 1.76. The number of carbonyl (C=O) groups excluding carboxylic acids is 1. The molecule has 0 aromatic carbocycles. The summed E-state index contributed by atoms with van der Waals surface area (Å²) in [6.45, 7) is -0.193. The number of terminal acetylenes is 1. The van der Waals surface area contributed by atoms with Crippen LogP contribution >= 0.6 is 0 Å². The van der Waals surface area contributed by atoms with Crippen molar-refractivity contribution < 1.29 is 9.90 Å². The van der Waals surface area contributed by atoms with Gasteiger partial charge in [0.15, 0.2) is 0 Å². The predicted molar refractivity (Wildman–Crippen MR) is 51.2 cm³/mol. The minimum Gasteiger partial charge on any atom is -0.394 e. The molecule has 1 unspecified atom stereocenters. The first-order valence-electron chi connectivity index (χ1n) is 4.05. The van der Waals surface area contributed by atoms with Crippen molar-refractivity contribution >= 4 is 6.41 Å². The quantitative estimate of drug-likeness (QED) is 0.512. The van der Waals surface area contributed by atoms with Gasteiger partial charge in [-0.15, -0.1) is 6.42 Å². The van der Waals surface area contributed by atoms with Crippen LogP contribution in [-0.4, -0.2) is 23.1 Å². The summed E-state index contributed by atoms with van der Waals surface area (Å²) in [4.78, 5) is 14.2. The monoisotopic (exact) mass is 190 g/mol. The summed E-state index contributed by atoms with van der Waals surface area (Å²) in [5, 5.41) is 11.4. The summed E-state index contributed by atoms with van der Waals surface area (Å²) in [6, 6.07) is 2.91. The fraction of sp³-hybridized carbons (Fsp3) is 0.200. The Labute approximate surface area is 82.0 Å². The predicted octanol–water partition coefficient (Wildman–Crippen LogP) is -0.158. The summed E-state index contributed by atoms with van der Waals surface area (Å²) >= 11 is 0. The minimum atomic E-state index is -0.473. The van der Waals surface area contributed by atoms with Gasteiger partial charge in [-0.05, 0) is 12.1 Å². The molecular formula is C10H10N2O2. The smallest absolute Gasteiger partial charge is 0.207 e. The highest BCUT2D eigenvalue weighted by atomic mass is 16.3. The van der Waals surface area contributed by atoms with E-state index in [4.69, 9.17) is 11.5 Å². The van der Waals surface area contributed by atoms with Gasteiger partial charge in [0.1, 0.15) is 0 Å². The number of hydrogen-bond donors (Lipinski definition) is 2. The largest absolute Gasteiger partial charge is 0.394 e. The zero-order chi connectivity index (χ0) is 10.4. The van der Waals surface area contributed by atoms with Crippen LogP contribution in [-0.2, 0) is 4.79 Å². The highest BCUT2D eigenvalue weighted by Gasteiger charge is 2.09. The summed E-state index contributed by atoms with van der Waals surface area (Å²) in [5.74, 6) is 2.43. The Bertz CT molecular complexity index is 340. The lowest BCUT2D eigenvalue weighted by atomic mass is 10.2. The number of aliphatic hydroxyl groups is 1. The van der Waals surface area contributed by atoms with Crippen LogP contribution in [0.15, 0.2) is 18.3 Å². The van der Waals surface area contributed by atoms with Gasteiger partial charge < -0.3 is 10.4 Å². The molecule has 14 heavy (non-hydrogen) atoms. The number of aliphatic hydroxyl groups excluding tert-OH is 1. The Morgan fingerprint density at radius 1 is 1.71 bits per heavy atom. The average Bonchev–Trinajstić information content (AvgIpc) is 2.26. The maximum Gasteiger partial charge on any atom is 0.207 e. The maximum atomic E-state index is 10.2. The summed E-state index contributed by atoms with van der Waals surface area (Å²) in [5.41, 5.74) is 1.25. The van der Waals surface area contributed by atoms with Gasteiger partial charge in [0.25, 0.3) is 0 Å². The average molecular weight is 190 g/mol. The molecule has 4 heteroatoms. The second-order valence-corrected chi connectivity index (χ2v) is 2.64. The molecule has 0 saturated carbocycles. The molecule has 0 aliphatic carbocycles.